The van der Waals surface area contributed by atoms with Crippen molar-refractivity contribution < 1.29 is 9.18 Å². The molecular weight excluding hydrogens is 357 g/mol. The third-order valence-electron chi connectivity index (χ3n) is 4.33. The topological polar surface area (TPSA) is 95.8 Å². The van der Waals surface area contributed by atoms with Crippen molar-refractivity contribution in [2.24, 2.45) is 0 Å². The second kappa shape index (κ2) is 7.40. The maximum atomic E-state index is 13.3. The molecule has 2 aromatic carbocycles. The highest BCUT2D eigenvalue weighted by molar-refractivity contribution is 6.05. The van der Waals surface area contributed by atoms with Crippen LogP contribution in [-0.4, -0.2) is 15.9 Å². The minimum absolute atomic E-state index is 0.293. The summed E-state index contributed by atoms with van der Waals surface area (Å²) in [7, 11) is 0. The van der Waals surface area contributed by atoms with E-state index in [2.05, 4.69) is 20.6 Å². The van der Waals surface area contributed by atoms with Crippen molar-refractivity contribution >= 4 is 34.0 Å². The number of aromatic nitrogens is 2. The number of benzene rings is 2. The van der Waals surface area contributed by atoms with Gasteiger partial charge in [0.05, 0.1) is 5.69 Å². The van der Waals surface area contributed by atoms with Gasteiger partial charge in [-0.25, -0.2) is 9.37 Å². The zero-order chi connectivity index (χ0) is 19.5. The lowest BCUT2D eigenvalue weighted by Gasteiger charge is -2.10. The summed E-state index contributed by atoms with van der Waals surface area (Å²) in [6, 6.07) is 17.1. The van der Waals surface area contributed by atoms with Gasteiger partial charge in [0.1, 0.15) is 17.3 Å². The quantitative estimate of drug-likeness (QED) is 0.421. The number of pyridine rings is 1. The number of aromatic amines is 1. The number of hydrogen-bond acceptors (Lipinski definition) is 4. The number of nitrogens with one attached hydrogen (secondary N) is 3. The molecule has 7 heteroatoms. The molecule has 0 aliphatic rings. The zero-order valence-corrected chi connectivity index (χ0v) is 14.9. The largest absolute Gasteiger partial charge is 0.382 e. The molecule has 0 aliphatic heterocycles. The Balaban J connectivity index is 1.46. The lowest BCUT2D eigenvalue weighted by atomic mass is 10.2. The molecular formula is C21H18FN5O. The Morgan fingerprint density at radius 3 is 2.86 bits per heavy atom. The monoisotopic (exact) mass is 375 g/mol. The number of amides is 1. The molecule has 0 fully saturated rings. The number of carbonyl (C=O) groups is 1. The Bertz CT molecular complexity index is 1150. The molecule has 0 aliphatic carbocycles. The van der Waals surface area contributed by atoms with Crippen LogP contribution in [0.2, 0.25) is 0 Å². The molecule has 5 N–H and O–H groups in total. The first-order valence-corrected chi connectivity index (χ1v) is 8.71. The van der Waals surface area contributed by atoms with Crippen molar-refractivity contribution in [3.63, 3.8) is 0 Å². The van der Waals surface area contributed by atoms with Crippen LogP contribution in [0.4, 0.5) is 21.6 Å². The van der Waals surface area contributed by atoms with Gasteiger partial charge in [0, 0.05) is 29.3 Å². The molecule has 6 nitrogen and oxygen atoms in total. The maximum Gasteiger partial charge on any atom is 0.272 e. The van der Waals surface area contributed by atoms with E-state index in [4.69, 9.17) is 5.73 Å². The number of nitrogens with zero attached hydrogens (tertiary/aromatic N) is 1. The normalized spacial score (nSPS) is 10.8. The highest BCUT2D eigenvalue weighted by atomic mass is 19.1. The Morgan fingerprint density at radius 2 is 2.00 bits per heavy atom. The number of nitrogen functional groups attached to an aromatic ring is 1. The number of hydrogen-bond donors (Lipinski definition) is 4. The van der Waals surface area contributed by atoms with Crippen LogP contribution in [0.1, 0.15) is 16.1 Å². The summed E-state index contributed by atoms with van der Waals surface area (Å²) in [5.41, 5.74) is 9.29. The standard InChI is InChI=1S/C21H18FN5O/c22-15-6-7-17-14(10-15)11-19(27-17)21(28)26-16-4-1-3-13(9-16)12-25-18-5-2-8-24-20(18)23/h1-11,25,27H,12H2,(H2,23,24)(H,26,28). The van der Waals surface area contributed by atoms with Gasteiger partial charge in [0.2, 0.25) is 0 Å². The molecule has 0 bridgehead atoms. The van der Waals surface area contributed by atoms with E-state index < -0.39 is 0 Å². The van der Waals surface area contributed by atoms with E-state index in [1.165, 1.54) is 12.1 Å². The van der Waals surface area contributed by atoms with Crippen LogP contribution in [-0.2, 0) is 6.54 Å². The summed E-state index contributed by atoms with van der Waals surface area (Å²) in [5, 5.41) is 6.73. The SMILES string of the molecule is Nc1ncccc1NCc1cccc(NC(=O)c2cc3cc(F)ccc3[nH]2)c1. The summed E-state index contributed by atoms with van der Waals surface area (Å²) in [5.74, 6) is -0.201. The Morgan fingerprint density at radius 1 is 1.11 bits per heavy atom. The van der Waals surface area contributed by atoms with Gasteiger partial charge in [0.25, 0.3) is 5.91 Å². The van der Waals surface area contributed by atoms with Gasteiger partial charge in [-0.2, -0.15) is 0 Å². The predicted octanol–water partition coefficient (Wildman–Crippen LogP) is 4.15. The molecule has 4 aromatic rings. The molecule has 2 aromatic heterocycles. The average Bonchev–Trinajstić information content (AvgIpc) is 3.11. The van der Waals surface area contributed by atoms with Crippen molar-refractivity contribution in [1.82, 2.24) is 9.97 Å². The number of rotatable bonds is 5. The average molecular weight is 375 g/mol. The van der Waals surface area contributed by atoms with E-state index in [1.54, 1.807) is 18.3 Å². The van der Waals surface area contributed by atoms with Crippen molar-refractivity contribution in [1.29, 1.82) is 0 Å². The number of halogens is 1. The van der Waals surface area contributed by atoms with Crippen LogP contribution >= 0.6 is 0 Å². The van der Waals surface area contributed by atoms with Crippen molar-refractivity contribution in [3.8, 4) is 0 Å². The molecule has 0 unspecified atom stereocenters. The first-order valence-electron chi connectivity index (χ1n) is 8.71. The van der Waals surface area contributed by atoms with Crippen LogP contribution in [0.5, 0.6) is 0 Å². The fourth-order valence-corrected chi connectivity index (χ4v) is 2.95. The Hall–Kier alpha value is -3.87. The molecule has 28 heavy (non-hydrogen) atoms. The minimum atomic E-state index is -0.340. The third-order valence-corrected chi connectivity index (χ3v) is 4.33. The minimum Gasteiger partial charge on any atom is -0.382 e. The summed E-state index contributed by atoms with van der Waals surface area (Å²) in [6.07, 6.45) is 1.63. The lowest BCUT2D eigenvalue weighted by Crippen LogP contribution is -2.12. The molecule has 0 atom stereocenters. The highest BCUT2D eigenvalue weighted by Crippen LogP contribution is 2.19. The second-order valence-electron chi connectivity index (χ2n) is 6.36. The number of fused-ring (bicyclic) bond motifs is 1. The summed E-state index contributed by atoms with van der Waals surface area (Å²) >= 11 is 0. The molecule has 0 saturated carbocycles. The smallest absolute Gasteiger partial charge is 0.272 e. The number of H-pyrrole nitrogens is 1. The third kappa shape index (κ3) is 3.78. The van der Waals surface area contributed by atoms with Gasteiger partial charge in [-0.3, -0.25) is 4.79 Å². The Labute approximate surface area is 160 Å². The fourth-order valence-electron chi connectivity index (χ4n) is 2.95. The summed E-state index contributed by atoms with van der Waals surface area (Å²) in [4.78, 5) is 19.6. The maximum absolute atomic E-state index is 13.3. The van der Waals surface area contributed by atoms with Gasteiger partial charge in [-0.15, -0.1) is 0 Å². The van der Waals surface area contributed by atoms with E-state index in [0.29, 0.717) is 34.6 Å². The molecule has 0 radical (unpaired) electrons. The first-order chi connectivity index (χ1) is 13.6. The van der Waals surface area contributed by atoms with E-state index in [0.717, 1.165) is 11.3 Å². The summed E-state index contributed by atoms with van der Waals surface area (Å²) in [6.45, 7) is 0.533. The molecule has 1 amide bonds. The lowest BCUT2D eigenvalue weighted by molar-refractivity contribution is 0.102. The van der Waals surface area contributed by atoms with Crippen molar-refractivity contribution in [2.45, 2.75) is 6.54 Å². The van der Waals surface area contributed by atoms with Crippen LogP contribution in [0.25, 0.3) is 10.9 Å². The second-order valence-corrected chi connectivity index (χ2v) is 6.36. The van der Waals surface area contributed by atoms with E-state index in [9.17, 15) is 9.18 Å². The Kier molecular flexibility index (Phi) is 4.63. The van der Waals surface area contributed by atoms with Gasteiger partial charge >= 0.3 is 0 Å². The first kappa shape index (κ1) is 17.5. The van der Waals surface area contributed by atoms with Crippen LogP contribution in [0, 0.1) is 5.82 Å². The molecule has 4 rings (SSSR count). The van der Waals surface area contributed by atoms with Crippen LogP contribution in [0.3, 0.4) is 0 Å². The summed E-state index contributed by atoms with van der Waals surface area (Å²) < 4.78 is 13.3. The van der Waals surface area contributed by atoms with E-state index >= 15 is 0 Å². The number of carbonyl (C=O) groups excluding carboxylic acids is 1. The zero-order valence-electron chi connectivity index (χ0n) is 14.9. The van der Waals surface area contributed by atoms with E-state index in [1.807, 2.05) is 36.4 Å². The fraction of sp³-hybridized carbons (Fsp3) is 0.0476. The van der Waals surface area contributed by atoms with Gasteiger partial charge < -0.3 is 21.4 Å². The number of nitrogens with two attached hydrogens (primary N) is 1. The number of anilines is 3. The van der Waals surface area contributed by atoms with Gasteiger partial charge in [-0.05, 0) is 54.1 Å². The van der Waals surface area contributed by atoms with Crippen LogP contribution in [0.15, 0.2) is 66.9 Å². The molecule has 0 saturated heterocycles. The highest BCUT2D eigenvalue weighted by Gasteiger charge is 2.11. The predicted molar refractivity (Wildman–Crippen MR) is 109 cm³/mol. The van der Waals surface area contributed by atoms with E-state index in [-0.39, 0.29) is 11.7 Å². The molecule has 0 spiro atoms. The molecule has 140 valence electrons. The van der Waals surface area contributed by atoms with Gasteiger partial charge in [-0.1, -0.05) is 12.1 Å². The van der Waals surface area contributed by atoms with Crippen LogP contribution < -0.4 is 16.4 Å². The van der Waals surface area contributed by atoms with Gasteiger partial charge in [0.15, 0.2) is 0 Å². The van der Waals surface area contributed by atoms with Crippen molar-refractivity contribution in [3.05, 3.63) is 83.9 Å². The molecule has 2 heterocycles. The van der Waals surface area contributed by atoms with Crippen molar-refractivity contribution in [2.75, 3.05) is 16.4 Å².